The molecule has 0 amide bonds. The Bertz CT molecular complexity index is 763. The fourth-order valence-corrected chi connectivity index (χ4v) is 2.10. The van der Waals surface area contributed by atoms with Crippen LogP contribution >= 0.6 is 15.9 Å². The second-order valence-corrected chi connectivity index (χ2v) is 5.85. The van der Waals surface area contributed by atoms with Crippen LogP contribution in [0.4, 0.5) is 0 Å². The molecule has 0 aliphatic heterocycles. The first-order valence-corrected chi connectivity index (χ1v) is 7.91. The average Bonchev–Trinajstić information content (AvgIpc) is 2.60. The van der Waals surface area contributed by atoms with Crippen LogP contribution in [0.25, 0.3) is 0 Å². The molecule has 1 atom stereocenters. The molecule has 5 nitrogen and oxygen atoms in total. The van der Waals surface area contributed by atoms with Gasteiger partial charge in [-0.05, 0) is 43.3 Å². The summed E-state index contributed by atoms with van der Waals surface area (Å²) >= 11 is 3.29. The van der Waals surface area contributed by atoms with Crippen LogP contribution in [-0.2, 0) is 9.53 Å². The Morgan fingerprint density at radius 2 is 1.75 bits per heavy atom. The average molecular weight is 388 g/mol. The molecule has 2 aromatic rings. The first-order chi connectivity index (χ1) is 11.5. The maximum atomic E-state index is 11.9. The SMILES string of the molecule is C[C@@H](Oc1ccc(C#N)cc1)C(=O)OCC(=O)c1ccc(Br)cc1. The molecule has 0 saturated carbocycles. The second-order valence-electron chi connectivity index (χ2n) is 4.93. The van der Waals surface area contributed by atoms with Gasteiger partial charge in [0.05, 0.1) is 11.6 Å². The van der Waals surface area contributed by atoms with Gasteiger partial charge in [-0.25, -0.2) is 4.79 Å². The molecule has 0 radical (unpaired) electrons. The van der Waals surface area contributed by atoms with Crippen molar-refractivity contribution in [3.63, 3.8) is 0 Å². The van der Waals surface area contributed by atoms with Gasteiger partial charge in [-0.15, -0.1) is 0 Å². The second kappa shape index (κ2) is 8.27. The molecule has 24 heavy (non-hydrogen) atoms. The molecular formula is C18H14BrNO4. The number of rotatable bonds is 6. The zero-order chi connectivity index (χ0) is 17.5. The summed E-state index contributed by atoms with van der Waals surface area (Å²) in [5.74, 6) is -0.482. The summed E-state index contributed by atoms with van der Waals surface area (Å²) in [6, 6.07) is 15.1. The van der Waals surface area contributed by atoms with Gasteiger partial charge in [0.1, 0.15) is 5.75 Å². The van der Waals surface area contributed by atoms with Crippen LogP contribution in [0.15, 0.2) is 53.0 Å². The van der Waals surface area contributed by atoms with E-state index in [0.717, 1.165) is 4.47 Å². The van der Waals surface area contributed by atoms with Crippen LogP contribution in [0.5, 0.6) is 5.75 Å². The van der Waals surface area contributed by atoms with Crippen molar-refractivity contribution in [2.45, 2.75) is 13.0 Å². The highest BCUT2D eigenvalue weighted by Crippen LogP contribution is 2.14. The van der Waals surface area contributed by atoms with E-state index >= 15 is 0 Å². The fraction of sp³-hybridized carbons (Fsp3) is 0.167. The molecule has 2 aromatic carbocycles. The Balaban J connectivity index is 1.85. The zero-order valence-corrected chi connectivity index (χ0v) is 14.4. The normalized spacial score (nSPS) is 11.2. The minimum absolute atomic E-state index is 0.290. The molecule has 0 aromatic heterocycles. The number of halogens is 1. The van der Waals surface area contributed by atoms with Crippen molar-refractivity contribution in [3.8, 4) is 11.8 Å². The summed E-state index contributed by atoms with van der Waals surface area (Å²) in [5, 5.41) is 8.73. The van der Waals surface area contributed by atoms with E-state index < -0.39 is 12.1 Å². The third kappa shape index (κ3) is 4.93. The topological polar surface area (TPSA) is 76.4 Å². The molecule has 122 valence electrons. The number of nitrogens with zero attached hydrogens (tertiary/aromatic N) is 1. The number of ketones is 1. The van der Waals surface area contributed by atoms with Gasteiger partial charge >= 0.3 is 5.97 Å². The molecule has 0 unspecified atom stereocenters. The molecule has 6 heteroatoms. The van der Waals surface area contributed by atoms with E-state index in [1.165, 1.54) is 6.92 Å². The van der Waals surface area contributed by atoms with Gasteiger partial charge in [0.15, 0.2) is 18.5 Å². The maximum Gasteiger partial charge on any atom is 0.347 e. The number of hydrogen-bond donors (Lipinski definition) is 0. The van der Waals surface area contributed by atoms with E-state index in [1.807, 2.05) is 6.07 Å². The van der Waals surface area contributed by atoms with Crippen molar-refractivity contribution in [1.82, 2.24) is 0 Å². The van der Waals surface area contributed by atoms with Crippen molar-refractivity contribution < 1.29 is 19.1 Å². The van der Waals surface area contributed by atoms with Crippen LogP contribution in [0.1, 0.15) is 22.8 Å². The molecule has 0 fully saturated rings. The molecule has 0 saturated heterocycles. The number of nitriles is 1. The van der Waals surface area contributed by atoms with Crippen LogP contribution in [0, 0.1) is 11.3 Å². The number of carbonyl (C=O) groups is 2. The standard InChI is InChI=1S/C18H14BrNO4/c1-12(24-16-8-2-13(10-20)3-9-16)18(22)23-11-17(21)14-4-6-15(19)7-5-14/h2-9,12H,11H2,1H3/t12-/m1/s1. The number of esters is 1. The van der Waals surface area contributed by atoms with E-state index in [2.05, 4.69) is 15.9 Å². The van der Waals surface area contributed by atoms with Crippen molar-refractivity contribution in [2.24, 2.45) is 0 Å². The molecule has 0 N–H and O–H groups in total. The minimum atomic E-state index is -0.865. The molecule has 0 aliphatic rings. The number of Topliss-reactive ketones (excluding diaryl/α,β-unsaturated/α-hetero) is 1. The zero-order valence-electron chi connectivity index (χ0n) is 12.9. The smallest absolute Gasteiger partial charge is 0.347 e. The van der Waals surface area contributed by atoms with Gasteiger partial charge in [-0.1, -0.05) is 28.1 Å². The monoisotopic (exact) mass is 387 g/mol. The lowest BCUT2D eigenvalue weighted by molar-refractivity contribution is -0.149. The summed E-state index contributed by atoms with van der Waals surface area (Å²) in [6.07, 6.45) is -0.865. The number of hydrogen-bond acceptors (Lipinski definition) is 5. The number of ether oxygens (including phenoxy) is 2. The van der Waals surface area contributed by atoms with Gasteiger partial charge in [-0.2, -0.15) is 5.26 Å². The quantitative estimate of drug-likeness (QED) is 0.559. The number of benzene rings is 2. The Morgan fingerprint density at radius 1 is 1.12 bits per heavy atom. The van der Waals surface area contributed by atoms with E-state index in [0.29, 0.717) is 16.9 Å². The first-order valence-electron chi connectivity index (χ1n) is 7.12. The largest absolute Gasteiger partial charge is 0.479 e. The molecule has 0 heterocycles. The Kier molecular flexibility index (Phi) is 6.10. The number of carbonyl (C=O) groups excluding carboxylic acids is 2. The van der Waals surface area contributed by atoms with Gasteiger partial charge in [-0.3, -0.25) is 4.79 Å². The Labute approximate surface area is 147 Å². The Hall–Kier alpha value is -2.65. The third-order valence-corrected chi connectivity index (χ3v) is 3.67. The van der Waals surface area contributed by atoms with Gasteiger partial charge in [0, 0.05) is 10.0 Å². The molecule has 2 rings (SSSR count). The van der Waals surface area contributed by atoms with E-state index in [1.54, 1.807) is 48.5 Å². The maximum absolute atomic E-state index is 11.9. The first kappa shape index (κ1) is 17.7. The van der Waals surface area contributed by atoms with Crippen molar-refractivity contribution in [3.05, 3.63) is 64.1 Å². The lowest BCUT2D eigenvalue weighted by Crippen LogP contribution is -2.28. The van der Waals surface area contributed by atoms with Crippen LogP contribution in [-0.4, -0.2) is 24.5 Å². The molecule has 0 spiro atoms. The summed E-state index contributed by atoms with van der Waals surface area (Å²) in [4.78, 5) is 23.8. The van der Waals surface area contributed by atoms with E-state index in [-0.39, 0.29) is 12.4 Å². The summed E-state index contributed by atoms with van der Waals surface area (Å²) in [5.41, 5.74) is 0.962. The summed E-state index contributed by atoms with van der Waals surface area (Å²) in [6.45, 7) is 1.19. The van der Waals surface area contributed by atoms with Crippen molar-refractivity contribution in [2.75, 3.05) is 6.61 Å². The van der Waals surface area contributed by atoms with Crippen LogP contribution < -0.4 is 4.74 Å². The fourth-order valence-electron chi connectivity index (χ4n) is 1.83. The predicted molar refractivity (Wildman–Crippen MR) is 90.7 cm³/mol. The van der Waals surface area contributed by atoms with E-state index in [9.17, 15) is 9.59 Å². The van der Waals surface area contributed by atoms with E-state index in [4.69, 9.17) is 14.7 Å². The summed E-state index contributed by atoms with van der Waals surface area (Å²) < 4.78 is 11.3. The van der Waals surface area contributed by atoms with Crippen molar-refractivity contribution in [1.29, 1.82) is 5.26 Å². The van der Waals surface area contributed by atoms with Gasteiger partial charge in [0.25, 0.3) is 0 Å². The van der Waals surface area contributed by atoms with Gasteiger partial charge in [0.2, 0.25) is 0 Å². The molecular weight excluding hydrogens is 374 g/mol. The van der Waals surface area contributed by atoms with Crippen LogP contribution in [0.2, 0.25) is 0 Å². The highest BCUT2D eigenvalue weighted by atomic mass is 79.9. The summed E-state index contributed by atoms with van der Waals surface area (Å²) in [7, 11) is 0. The Morgan fingerprint density at radius 3 is 2.33 bits per heavy atom. The minimum Gasteiger partial charge on any atom is -0.479 e. The third-order valence-electron chi connectivity index (χ3n) is 3.14. The lowest BCUT2D eigenvalue weighted by Gasteiger charge is -2.13. The van der Waals surface area contributed by atoms with Crippen molar-refractivity contribution >= 4 is 27.7 Å². The lowest BCUT2D eigenvalue weighted by atomic mass is 10.1. The molecule has 0 bridgehead atoms. The highest BCUT2D eigenvalue weighted by molar-refractivity contribution is 9.10. The van der Waals surface area contributed by atoms with Gasteiger partial charge < -0.3 is 9.47 Å². The predicted octanol–water partition coefficient (Wildman–Crippen LogP) is 3.51. The highest BCUT2D eigenvalue weighted by Gasteiger charge is 2.18. The van der Waals surface area contributed by atoms with Crippen LogP contribution in [0.3, 0.4) is 0 Å². The molecule has 0 aliphatic carbocycles.